The molecule has 1 aliphatic heterocycles. The number of rotatable bonds is 5. The van der Waals surface area contributed by atoms with Crippen LogP contribution in [0.1, 0.15) is 48.0 Å². The Balaban J connectivity index is 2.57. The Morgan fingerprint density at radius 2 is 2.04 bits per heavy atom. The lowest BCUT2D eigenvalue weighted by Crippen LogP contribution is -2.48. The minimum atomic E-state index is -0.494. The molecular weight excluding hydrogens is 314 g/mol. The summed E-state index contributed by atoms with van der Waals surface area (Å²) in [4.78, 5) is 19.4. The maximum absolute atomic E-state index is 12.1. The molecular formula is C15H31N5O4. The first-order valence-corrected chi connectivity index (χ1v) is 8.23. The fourth-order valence-corrected chi connectivity index (χ4v) is 2.32. The quantitative estimate of drug-likeness (QED) is 0.446. The Morgan fingerprint density at radius 1 is 1.42 bits per heavy atom. The van der Waals surface area contributed by atoms with Crippen LogP contribution >= 0.6 is 0 Å². The number of carbonyl (C=O) groups is 1. The van der Waals surface area contributed by atoms with Crippen LogP contribution in [0.15, 0.2) is 5.28 Å². The van der Waals surface area contributed by atoms with E-state index < -0.39 is 5.54 Å². The van der Waals surface area contributed by atoms with Gasteiger partial charge < -0.3 is 25.4 Å². The number of likely N-dealkylation sites (tertiary alicyclic amines) is 1. The number of carbonyl (C=O) groups excluding carboxylic acids is 1. The average molecular weight is 345 g/mol. The molecule has 140 valence electrons. The molecule has 1 fully saturated rings. The van der Waals surface area contributed by atoms with Crippen LogP contribution in [0.3, 0.4) is 0 Å². The van der Waals surface area contributed by atoms with Gasteiger partial charge in [-0.1, -0.05) is 0 Å². The van der Waals surface area contributed by atoms with Crippen LogP contribution in [0.5, 0.6) is 0 Å². The maximum Gasteiger partial charge on any atom is 0.317 e. The first kappa shape index (κ1) is 20.3. The highest BCUT2D eigenvalue weighted by atomic mass is 16.7. The molecule has 0 spiro atoms. The molecule has 0 unspecified atom stereocenters. The van der Waals surface area contributed by atoms with Gasteiger partial charge in [-0.3, -0.25) is 0 Å². The van der Waals surface area contributed by atoms with Crippen molar-refractivity contribution in [2.45, 2.75) is 65.1 Å². The van der Waals surface area contributed by atoms with Crippen LogP contribution in [-0.2, 0) is 4.84 Å². The second-order valence-electron chi connectivity index (χ2n) is 7.99. The summed E-state index contributed by atoms with van der Waals surface area (Å²) >= 11 is 0. The van der Waals surface area contributed by atoms with Gasteiger partial charge in [0, 0.05) is 18.5 Å². The minimum absolute atomic E-state index is 0.149. The van der Waals surface area contributed by atoms with Crippen molar-refractivity contribution in [2.75, 3.05) is 26.2 Å². The largest absolute Gasteiger partial charge is 0.569 e. The highest BCUT2D eigenvalue weighted by molar-refractivity contribution is 5.75. The fraction of sp³-hybridized carbons (Fsp3) is 0.933. The SMILES string of the molecule is CC(C)(C)NC(=O)N1CC[C@@H](O/N=[N+](\[O-])N(CCO)C(C)(C)C)C1. The molecule has 9 heteroatoms. The Kier molecular flexibility index (Phi) is 6.65. The number of hydrogen-bond acceptors (Lipinski definition) is 5. The third kappa shape index (κ3) is 6.38. The molecule has 1 aliphatic rings. The molecule has 0 aromatic heterocycles. The summed E-state index contributed by atoms with van der Waals surface area (Å²) in [6, 6.07) is -0.149. The van der Waals surface area contributed by atoms with E-state index >= 15 is 0 Å². The number of hydrogen-bond donors (Lipinski definition) is 2. The number of nitrogens with zero attached hydrogens (tertiary/aromatic N) is 4. The van der Waals surface area contributed by atoms with Gasteiger partial charge in [-0.25, -0.2) is 4.79 Å². The summed E-state index contributed by atoms with van der Waals surface area (Å²) in [6.07, 6.45) is 0.299. The monoisotopic (exact) mass is 345 g/mol. The molecule has 24 heavy (non-hydrogen) atoms. The Bertz CT molecular complexity index is 456. The van der Waals surface area contributed by atoms with E-state index in [1.807, 2.05) is 41.5 Å². The van der Waals surface area contributed by atoms with Gasteiger partial charge in [0.15, 0.2) is 6.10 Å². The summed E-state index contributed by atoms with van der Waals surface area (Å²) < 4.78 is 0. The third-order valence-electron chi connectivity index (χ3n) is 3.47. The first-order valence-electron chi connectivity index (χ1n) is 8.23. The normalized spacial score (nSPS) is 19.4. The van der Waals surface area contributed by atoms with Gasteiger partial charge in [-0.15, -0.1) is 5.01 Å². The van der Waals surface area contributed by atoms with Crippen LogP contribution in [0.4, 0.5) is 4.79 Å². The topological polar surface area (TPSA) is 103 Å². The average Bonchev–Trinajstić information content (AvgIpc) is 2.88. The molecule has 0 aliphatic carbocycles. The van der Waals surface area contributed by atoms with Crippen LogP contribution < -0.4 is 5.32 Å². The number of urea groups is 1. The molecule has 1 rings (SSSR count). The Hall–Kier alpha value is -1.77. The second kappa shape index (κ2) is 7.87. The summed E-state index contributed by atoms with van der Waals surface area (Å²) in [5.74, 6) is 0. The van der Waals surface area contributed by atoms with Crippen LogP contribution in [-0.4, -0.2) is 69.4 Å². The molecule has 9 nitrogen and oxygen atoms in total. The lowest BCUT2D eigenvalue weighted by atomic mass is 10.1. The predicted molar refractivity (Wildman–Crippen MR) is 88.9 cm³/mol. The summed E-state index contributed by atoms with van der Waals surface area (Å²) in [6.45, 7) is 12.2. The van der Waals surface area contributed by atoms with E-state index in [0.717, 1.165) is 0 Å². The van der Waals surface area contributed by atoms with Crippen LogP contribution in [0, 0.1) is 5.21 Å². The number of aliphatic hydroxyl groups excluding tert-OH is 1. The summed E-state index contributed by atoms with van der Waals surface area (Å²) in [7, 11) is 0. The molecule has 0 aromatic rings. The highest BCUT2D eigenvalue weighted by Crippen LogP contribution is 2.16. The zero-order valence-electron chi connectivity index (χ0n) is 15.6. The Morgan fingerprint density at radius 3 is 2.54 bits per heavy atom. The molecule has 0 bridgehead atoms. The fourth-order valence-electron chi connectivity index (χ4n) is 2.32. The van der Waals surface area contributed by atoms with E-state index in [0.29, 0.717) is 24.5 Å². The van der Waals surface area contributed by atoms with Gasteiger partial charge in [0.2, 0.25) is 5.28 Å². The number of β-amino-alcohol motifs (C(OH)–C–C–N with tert-alkyl or cyclic N) is 1. The summed E-state index contributed by atoms with van der Waals surface area (Å²) in [5.41, 5.74) is -0.796. The number of aliphatic hydroxyl groups is 1. The zero-order chi connectivity index (χ0) is 18.5. The predicted octanol–water partition coefficient (Wildman–Crippen LogP) is 1.47. The highest BCUT2D eigenvalue weighted by Gasteiger charge is 2.32. The number of hydrazine groups is 1. The van der Waals surface area contributed by atoms with E-state index in [1.54, 1.807) is 4.90 Å². The van der Waals surface area contributed by atoms with Crippen molar-refractivity contribution in [1.29, 1.82) is 0 Å². The lowest BCUT2D eigenvalue weighted by Gasteiger charge is -2.29. The van der Waals surface area contributed by atoms with Crippen molar-refractivity contribution in [3.63, 3.8) is 0 Å². The van der Waals surface area contributed by atoms with E-state index in [1.165, 1.54) is 5.01 Å². The van der Waals surface area contributed by atoms with Crippen molar-refractivity contribution in [1.82, 2.24) is 15.2 Å². The standard InChI is InChI=1S/C15H31N5O4/c1-14(2,3)16-13(22)18-8-7-12(11-18)24-17-20(23)19(9-10-21)15(4,5)6/h12,21H,7-11H2,1-6H3,(H,16,22)/b20-17-/t12-/m1/s1. The molecule has 2 N–H and O–H groups in total. The molecule has 0 saturated carbocycles. The van der Waals surface area contributed by atoms with Crippen molar-refractivity contribution in [2.24, 2.45) is 5.28 Å². The second-order valence-corrected chi connectivity index (χ2v) is 7.99. The molecule has 1 atom stereocenters. The lowest BCUT2D eigenvalue weighted by molar-refractivity contribution is -0.726. The molecule has 2 amide bonds. The van der Waals surface area contributed by atoms with E-state index in [9.17, 15) is 10.0 Å². The van der Waals surface area contributed by atoms with E-state index in [2.05, 4.69) is 10.6 Å². The minimum Gasteiger partial charge on any atom is -0.569 e. The van der Waals surface area contributed by atoms with Crippen molar-refractivity contribution in [3.8, 4) is 0 Å². The van der Waals surface area contributed by atoms with Crippen molar-refractivity contribution < 1.29 is 19.7 Å². The van der Waals surface area contributed by atoms with Gasteiger partial charge in [-0.05, 0) is 41.5 Å². The van der Waals surface area contributed by atoms with Gasteiger partial charge in [0.25, 0.3) is 0 Å². The maximum atomic E-state index is 12.1. The van der Waals surface area contributed by atoms with E-state index in [-0.39, 0.29) is 30.8 Å². The van der Waals surface area contributed by atoms with E-state index in [4.69, 9.17) is 9.94 Å². The first-order chi connectivity index (χ1) is 10.9. The number of amides is 2. The molecule has 1 heterocycles. The van der Waals surface area contributed by atoms with Gasteiger partial charge in [-0.2, -0.15) is 0 Å². The van der Waals surface area contributed by atoms with Crippen molar-refractivity contribution >= 4 is 6.03 Å². The smallest absolute Gasteiger partial charge is 0.317 e. The van der Waals surface area contributed by atoms with Gasteiger partial charge in [0.1, 0.15) is 6.54 Å². The molecule has 1 saturated heterocycles. The Labute approximate surface area is 143 Å². The molecule has 0 radical (unpaired) electrons. The third-order valence-corrected chi connectivity index (χ3v) is 3.47. The van der Waals surface area contributed by atoms with Gasteiger partial charge >= 0.3 is 6.03 Å². The van der Waals surface area contributed by atoms with Crippen LogP contribution in [0.2, 0.25) is 0 Å². The molecule has 0 aromatic carbocycles. The number of nitrogens with one attached hydrogen (secondary N) is 1. The van der Waals surface area contributed by atoms with Crippen LogP contribution in [0.25, 0.3) is 0 Å². The van der Waals surface area contributed by atoms with Gasteiger partial charge in [0.05, 0.1) is 23.7 Å². The van der Waals surface area contributed by atoms with Crippen molar-refractivity contribution in [3.05, 3.63) is 5.21 Å². The zero-order valence-corrected chi connectivity index (χ0v) is 15.6. The summed E-state index contributed by atoms with van der Waals surface area (Å²) in [5, 5.41) is 29.0.